The highest BCUT2D eigenvalue weighted by atomic mass is 79.9. The van der Waals surface area contributed by atoms with Crippen LogP contribution in [-0.4, -0.2) is 17.1 Å². The number of hydrogen-bond donors (Lipinski definition) is 1. The van der Waals surface area contributed by atoms with Gasteiger partial charge >= 0.3 is 0 Å². The first-order valence-corrected chi connectivity index (χ1v) is 5.35. The Bertz CT molecular complexity index is 469. The lowest BCUT2D eigenvalue weighted by atomic mass is 10.3. The fourth-order valence-electron chi connectivity index (χ4n) is 1.32. The van der Waals surface area contributed by atoms with Gasteiger partial charge in [0.05, 0.1) is 18.5 Å². The van der Waals surface area contributed by atoms with Crippen LogP contribution in [0.2, 0.25) is 0 Å². The Morgan fingerprint density at radius 2 is 2.36 bits per heavy atom. The monoisotopic (exact) mass is 274 g/mol. The number of imidazole rings is 1. The molecular formula is C9H8BrClN2O. The van der Waals surface area contributed by atoms with Gasteiger partial charge < -0.3 is 9.72 Å². The third-order valence-corrected chi connectivity index (χ3v) is 2.62. The van der Waals surface area contributed by atoms with Crippen molar-refractivity contribution < 1.29 is 4.74 Å². The molecule has 0 aliphatic heterocycles. The molecule has 0 unspecified atom stereocenters. The van der Waals surface area contributed by atoms with E-state index in [4.69, 9.17) is 16.3 Å². The molecule has 0 aliphatic rings. The summed E-state index contributed by atoms with van der Waals surface area (Å²) < 4.78 is 6.16. The van der Waals surface area contributed by atoms with Crippen molar-refractivity contribution in [3.8, 4) is 5.75 Å². The summed E-state index contributed by atoms with van der Waals surface area (Å²) in [6, 6.07) is 3.82. The van der Waals surface area contributed by atoms with Gasteiger partial charge in [-0.15, -0.1) is 11.6 Å². The number of rotatable bonds is 2. The first-order chi connectivity index (χ1) is 6.74. The number of benzene rings is 1. The third kappa shape index (κ3) is 1.60. The minimum atomic E-state index is 0.370. The Labute approximate surface area is 94.6 Å². The maximum Gasteiger partial charge on any atom is 0.147 e. The van der Waals surface area contributed by atoms with Crippen molar-refractivity contribution in [2.24, 2.45) is 0 Å². The lowest BCUT2D eigenvalue weighted by Gasteiger charge is -2.00. The number of fused-ring (bicyclic) bond motifs is 1. The Hall–Kier alpha value is -0.740. The molecule has 3 nitrogen and oxygen atoms in total. The fourth-order valence-corrected chi connectivity index (χ4v) is 1.89. The molecule has 74 valence electrons. The van der Waals surface area contributed by atoms with E-state index in [1.807, 2.05) is 12.1 Å². The van der Waals surface area contributed by atoms with E-state index in [0.29, 0.717) is 5.88 Å². The van der Waals surface area contributed by atoms with Gasteiger partial charge in [0.15, 0.2) is 0 Å². The largest absolute Gasteiger partial charge is 0.494 e. The zero-order valence-electron chi connectivity index (χ0n) is 7.47. The maximum absolute atomic E-state index is 5.69. The molecule has 0 aliphatic carbocycles. The van der Waals surface area contributed by atoms with Crippen LogP contribution < -0.4 is 4.74 Å². The van der Waals surface area contributed by atoms with Crippen LogP contribution in [0.4, 0.5) is 0 Å². The highest BCUT2D eigenvalue weighted by Gasteiger charge is 2.08. The molecule has 0 spiro atoms. The van der Waals surface area contributed by atoms with E-state index in [0.717, 1.165) is 27.1 Å². The van der Waals surface area contributed by atoms with Crippen molar-refractivity contribution >= 4 is 38.6 Å². The first-order valence-electron chi connectivity index (χ1n) is 4.02. The van der Waals surface area contributed by atoms with E-state index in [9.17, 15) is 0 Å². The van der Waals surface area contributed by atoms with Gasteiger partial charge in [-0.3, -0.25) is 0 Å². The molecule has 0 amide bonds. The number of hydrogen-bond acceptors (Lipinski definition) is 2. The highest BCUT2D eigenvalue weighted by Crippen LogP contribution is 2.28. The molecule has 1 aromatic heterocycles. The van der Waals surface area contributed by atoms with Crippen LogP contribution >= 0.6 is 27.5 Å². The smallest absolute Gasteiger partial charge is 0.147 e. The van der Waals surface area contributed by atoms with Crippen LogP contribution in [0.5, 0.6) is 5.75 Å². The van der Waals surface area contributed by atoms with Crippen molar-refractivity contribution in [3.63, 3.8) is 0 Å². The van der Waals surface area contributed by atoms with Gasteiger partial charge in [0.25, 0.3) is 0 Å². The summed E-state index contributed by atoms with van der Waals surface area (Å²) in [5.41, 5.74) is 1.73. The van der Waals surface area contributed by atoms with E-state index < -0.39 is 0 Å². The van der Waals surface area contributed by atoms with Crippen LogP contribution in [0.3, 0.4) is 0 Å². The normalized spacial score (nSPS) is 10.8. The summed E-state index contributed by atoms with van der Waals surface area (Å²) in [7, 11) is 1.62. The number of nitrogens with zero attached hydrogens (tertiary/aromatic N) is 1. The maximum atomic E-state index is 5.69. The van der Waals surface area contributed by atoms with Gasteiger partial charge in [0, 0.05) is 4.47 Å². The number of nitrogens with one attached hydrogen (secondary N) is 1. The van der Waals surface area contributed by atoms with E-state index in [2.05, 4.69) is 25.9 Å². The molecule has 0 radical (unpaired) electrons. The van der Waals surface area contributed by atoms with Gasteiger partial charge in [-0.05, 0) is 12.1 Å². The van der Waals surface area contributed by atoms with Crippen LogP contribution in [0.1, 0.15) is 5.82 Å². The number of ether oxygens (including phenoxy) is 1. The van der Waals surface area contributed by atoms with E-state index in [1.165, 1.54) is 0 Å². The summed E-state index contributed by atoms with van der Waals surface area (Å²) >= 11 is 9.08. The van der Waals surface area contributed by atoms with Gasteiger partial charge in [-0.25, -0.2) is 4.98 Å². The quantitative estimate of drug-likeness (QED) is 0.855. The minimum absolute atomic E-state index is 0.370. The van der Waals surface area contributed by atoms with Crippen LogP contribution in [0.15, 0.2) is 16.6 Å². The first kappa shape index (κ1) is 9.80. The summed E-state index contributed by atoms with van der Waals surface area (Å²) in [5, 5.41) is 0. The zero-order chi connectivity index (χ0) is 10.1. The molecule has 0 saturated heterocycles. The standard InChI is InChI=1S/C9H8BrClN2O/c1-14-7-3-5(10)2-6-9(7)13-8(4-11)12-6/h2-3H,4H2,1H3,(H,12,13). The van der Waals surface area contributed by atoms with Gasteiger partial charge in [0.2, 0.25) is 0 Å². The summed E-state index contributed by atoms with van der Waals surface area (Å²) in [6.07, 6.45) is 0. The molecular weight excluding hydrogens is 267 g/mol. The Kier molecular flexibility index (Phi) is 2.65. The van der Waals surface area contributed by atoms with E-state index in [-0.39, 0.29) is 0 Å². The lowest BCUT2D eigenvalue weighted by Crippen LogP contribution is -1.84. The second kappa shape index (κ2) is 3.79. The van der Waals surface area contributed by atoms with Crippen molar-refractivity contribution in [3.05, 3.63) is 22.4 Å². The topological polar surface area (TPSA) is 37.9 Å². The minimum Gasteiger partial charge on any atom is -0.494 e. The van der Waals surface area contributed by atoms with Crippen molar-refractivity contribution in [1.82, 2.24) is 9.97 Å². The van der Waals surface area contributed by atoms with Crippen molar-refractivity contribution in [2.45, 2.75) is 5.88 Å². The molecule has 5 heteroatoms. The van der Waals surface area contributed by atoms with Gasteiger partial charge in [-0.1, -0.05) is 15.9 Å². The SMILES string of the molecule is COc1cc(Br)cc2[nH]c(CCl)nc12. The molecule has 0 fully saturated rings. The predicted molar refractivity (Wildman–Crippen MR) is 59.9 cm³/mol. The van der Waals surface area contributed by atoms with Crippen LogP contribution in [0.25, 0.3) is 11.0 Å². The predicted octanol–water partition coefficient (Wildman–Crippen LogP) is 3.07. The average Bonchev–Trinajstić information content (AvgIpc) is 2.59. The van der Waals surface area contributed by atoms with Crippen LogP contribution in [0, 0.1) is 0 Å². The number of alkyl halides is 1. The number of H-pyrrole nitrogens is 1. The number of halogens is 2. The zero-order valence-corrected chi connectivity index (χ0v) is 9.82. The molecule has 0 saturated carbocycles. The second-order valence-electron chi connectivity index (χ2n) is 2.82. The number of aromatic nitrogens is 2. The summed E-state index contributed by atoms with van der Waals surface area (Å²) in [4.78, 5) is 7.42. The molecule has 2 aromatic rings. The second-order valence-corrected chi connectivity index (χ2v) is 4.00. The average molecular weight is 276 g/mol. The number of methoxy groups -OCH3 is 1. The third-order valence-electron chi connectivity index (χ3n) is 1.91. The molecule has 1 aromatic carbocycles. The Morgan fingerprint density at radius 3 is 3.00 bits per heavy atom. The number of aromatic amines is 1. The Morgan fingerprint density at radius 1 is 1.57 bits per heavy atom. The van der Waals surface area contributed by atoms with E-state index >= 15 is 0 Å². The van der Waals surface area contributed by atoms with Crippen molar-refractivity contribution in [1.29, 1.82) is 0 Å². The fraction of sp³-hybridized carbons (Fsp3) is 0.222. The molecule has 2 rings (SSSR count). The molecule has 14 heavy (non-hydrogen) atoms. The van der Waals surface area contributed by atoms with Gasteiger partial charge in [-0.2, -0.15) is 0 Å². The molecule has 1 heterocycles. The molecule has 1 N–H and O–H groups in total. The Balaban J connectivity index is 2.71. The van der Waals surface area contributed by atoms with E-state index in [1.54, 1.807) is 7.11 Å². The summed E-state index contributed by atoms with van der Waals surface area (Å²) in [5.74, 6) is 1.86. The summed E-state index contributed by atoms with van der Waals surface area (Å²) in [6.45, 7) is 0. The molecule has 0 bridgehead atoms. The highest BCUT2D eigenvalue weighted by molar-refractivity contribution is 9.10. The van der Waals surface area contributed by atoms with Crippen molar-refractivity contribution in [2.75, 3.05) is 7.11 Å². The molecule has 0 atom stereocenters. The van der Waals surface area contributed by atoms with Crippen LogP contribution in [-0.2, 0) is 5.88 Å². The van der Waals surface area contributed by atoms with Gasteiger partial charge in [0.1, 0.15) is 17.1 Å². The lowest BCUT2D eigenvalue weighted by molar-refractivity contribution is 0.418.